The Kier molecular flexibility index (Phi) is 7.25. The van der Waals surface area contributed by atoms with Crippen LogP contribution < -0.4 is 5.32 Å². The van der Waals surface area contributed by atoms with Gasteiger partial charge in [0, 0.05) is 35.0 Å². The predicted molar refractivity (Wildman–Crippen MR) is 69.2 cm³/mol. The molecule has 0 radical (unpaired) electrons. The van der Waals surface area contributed by atoms with Crippen molar-refractivity contribution in [3.63, 3.8) is 0 Å². The third kappa shape index (κ3) is 4.93. The first-order chi connectivity index (χ1) is 7.77. The average Bonchev–Trinajstić information content (AvgIpc) is 2.79. The average molecular weight is 247 g/mol. The first-order valence-electron chi connectivity index (χ1n) is 6.37. The van der Waals surface area contributed by atoms with Gasteiger partial charge in [-0.05, 0) is 25.8 Å². The van der Waals surface area contributed by atoms with Gasteiger partial charge >= 0.3 is 0 Å². The zero-order valence-electron chi connectivity index (χ0n) is 10.5. The molecular formula is C12H25NO2S. The molecule has 0 heterocycles. The molecule has 0 aromatic heterocycles. The van der Waals surface area contributed by atoms with Crippen LogP contribution in [0.1, 0.15) is 39.0 Å². The maximum absolute atomic E-state index is 12.1. The molecule has 1 aliphatic carbocycles. The van der Waals surface area contributed by atoms with E-state index in [1.165, 1.54) is 12.8 Å². The van der Waals surface area contributed by atoms with Gasteiger partial charge in [-0.3, -0.25) is 4.21 Å². The summed E-state index contributed by atoms with van der Waals surface area (Å²) < 4.78 is 17.3. The van der Waals surface area contributed by atoms with Gasteiger partial charge in [0.15, 0.2) is 0 Å². The first kappa shape index (κ1) is 14.1. The molecule has 4 heteroatoms. The summed E-state index contributed by atoms with van der Waals surface area (Å²) >= 11 is 0. The summed E-state index contributed by atoms with van der Waals surface area (Å²) in [4.78, 5) is 0. The van der Waals surface area contributed by atoms with Crippen LogP contribution in [0.25, 0.3) is 0 Å². The fraction of sp³-hybridized carbons (Fsp3) is 1.00. The van der Waals surface area contributed by atoms with E-state index in [9.17, 15) is 4.21 Å². The molecule has 0 spiro atoms. The van der Waals surface area contributed by atoms with Crippen molar-refractivity contribution in [2.45, 2.75) is 50.3 Å². The molecular weight excluding hydrogens is 222 g/mol. The lowest BCUT2D eigenvalue weighted by molar-refractivity contribution is 0.173. The molecule has 1 N–H and O–H groups in total. The monoisotopic (exact) mass is 247 g/mol. The highest BCUT2D eigenvalue weighted by atomic mass is 32.2. The van der Waals surface area contributed by atoms with E-state index in [4.69, 9.17) is 4.74 Å². The molecule has 2 atom stereocenters. The first-order valence-corrected chi connectivity index (χ1v) is 7.75. The molecule has 0 bridgehead atoms. The van der Waals surface area contributed by atoms with Crippen LogP contribution in [0.5, 0.6) is 0 Å². The second kappa shape index (κ2) is 8.20. The summed E-state index contributed by atoms with van der Waals surface area (Å²) in [5.41, 5.74) is 0. The zero-order valence-corrected chi connectivity index (χ0v) is 11.4. The Hall–Kier alpha value is 0.0700. The van der Waals surface area contributed by atoms with Crippen molar-refractivity contribution in [1.29, 1.82) is 0 Å². The van der Waals surface area contributed by atoms with Gasteiger partial charge in [0.25, 0.3) is 0 Å². The number of hydrogen-bond acceptors (Lipinski definition) is 3. The summed E-state index contributed by atoms with van der Waals surface area (Å²) in [5.74, 6) is 0.749. The van der Waals surface area contributed by atoms with E-state index < -0.39 is 10.8 Å². The number of rotatable bonds is 8. The van der Waals surface area contributed by atoms with Crippen LogP contribution in [0.4, 0.5) is 0 Å². The minimum Gasteiger partial charge on any atom is -0.383 e. The maximum Gasteiger partial charge on any atom is 0.0624 e. The molecule has 1 saturated carbocycles. The molecule has 0 amide bonds. The van der Waals surface area contributed by atoms with Crippen molar-refractivity contribution in [2.75, 3.05) is 26.0 Å². The van der Waals surface area contributed by atoms with E-state index >= 15 is 0 Å². The molecule has 0 aliphatic heterocycles. The zero-order chi connectivity index (χ0) is 11.8. The summed E-state index contributed by atoms with van der Waals surface area (Å²) in [7, 11) is 1.03. The standard InChI is InChI=1S/C12H25NO2S/c1-3-8-13-11(9-15-2)10-16(14)12-6-4-5-7-12/h11-13H,3-10H2,1-2H3. The molecule has 3 nitrogen and oxygen atoms in total. The Morgan fingerprint density at radius 1 is 1.44 bits per heavy atom. The number of ether oxygens (including phenoxy) is 1. The third-order valence-corrected chi connectivity index (χ3v) is 5.04. The van der Waals surface area contributed by atoms with Gasteiger partial charge in [-0.25, -0.2) is 0 Å². The molecule has 96 valence electrons. The van der Waals surface area contributed by atoms with Crippen molar-refractivity contribution in [3.8, 4) is 0 Å². The molecule has 1 fully saturated rings. The summed E-state index contributed by atoms with van der Waals surface area (Å²) in [6, 6.07) is 0.256. The Bertz CT molecular complexity index is 205. The van der Waals surface area contributed by atoms with Crippen molar-refractivity contribution in [3.05, 3.63) is 0 Å². The van der Waals surface area contributed by atoms with Gasteiger partial charge in [-0.1, -0.05) is 19.8 Å². The molecule has 0 aromatic carbocycles. The Morgan fingerprint density at radius 3 is 2.69 bits per heavy atom. The van der Waals surface area contributed by atoms with E-state index in [0.29, 0.717) is 11.9 Å². The quantitative estimate of drug-likeness (QED) is 0.709. The van der Waals surface area contributed by atoms with Crippen molar-refractivity contribution >= 4 is 10.8 Å². The summed E-state index contributed by atoms with van der Waals surface area (Å²) in [5, 5.41) is 3.85. The predicted octanol–water partition coefficient (Wildman–Crippen LogP) is 1.69. The maximum atomic E-state index is 12.1. The van der Waals surface area contributed by atoms with E-state index in [0.717, 1.165) is 31.6 Å². The lowest BCUT2D eigenvalue weighted by Gasteiger charge is -2.19. The Labute approximate surface area is 102 Å². The lowest BCUT2D eigenvalue weighted by Crippen LogP contribution is -2.39. The molecule has 1 aliphatic rings. The van der Waals surface area contributed by atoms with Crippen molar-refractivity contribution in [1.82, 2.24) is 5.32 Å². The largest absolute Gasteiger partial charge is 0.383 e. The highest BCUT2D eigenvalue weighted by molar-refractivity contribution is 7.85. The van der Waals surface area contributed by atoms with Gasteiger partial charge < -0.3 is 10.1 Å². The van der Waals surface area contributed by atoms with Gasteiger partial charge in [0.1, 0.15) is 0 Å². The number of methoxy groups -OCH3 is 1. The van der Waals surface area contributed by atoms with Crippen molar-refractivity contribution in [2.24, 2.45) is 0 Å². The highest BCUT2D eigenvalue weighted by Crippen LogP contribution is 2.23. The highest BCUT2D eigenvalue weighted by Gasteiger charge is 2.23. The minimum atomic E-state index is -0.673. The summed E-state index contributed by atoms with van der Waals surface area (Å²) in [6.07, 6.45) is 5.93. The van der Waals surface area contributed by atoms with E-state index in [1.807, 2.05) is 0 Å². The van der Waals surface area contributed by atoms with Gasteiger partial charge in [0.05, 0.1) is 6.61 Å². The van der Waals surface area contributed by atoms with Gasteiger partial charge in [0.2, 0.25) is 0 Å². The normalized spacial score (nSPS) is 21.1. The van der Waals surface area contributed by atoms with Crippen LogP contribution in [-0.2, 0) is 15.5 Å². The van der Waals surface area contributed by atoms with Crippen LogP contribution in [0.3, 0.4) is 0 Å². The Morgan fingerprint density at radius 2 is 2.12 bits per heavy atom. The second-order valence-corrected chi connectivity index (χ2v) is 6.32. The summed E-state index contributed by atoms with van der Waals surface area (Å²) in [6.45, 7) is 3.79. The van der Waals surface area contributed by atoms with E-state index in [1.54, 1.807) is 7.11 Å². The van der Waals surface area contributed by atoms with Crippen LogP contribution >= 0.6 is 0 Å². The topological polar surface area (TPSA) is 38.3 Å². The Balaban J connectivity index is 2.30. The second-order valence-electron chi connectivity index (χ2n) is 4.56. The smallest absolute Gasteiger partial charge is 0.0624 e. The van der Waals surface area contributed by atoms with Gasteiger partial charge in [-0.15, -0.1) is 0 Å². The molecule has 2 unspecified atom stereocenters. The van der Waals surface area contributed by atoms with Crippen LogP contribution in [-0.4, -0.2) is 41.5 Å². The number of nitrogens with one attached hydrogen (secondary N) is 1. The number of hydrogen-bond donors (Lipinski definition) is 1. The fourth-order valence-corrected chi connectivity index (χ4v) is 3.94. The molecule has 0 saturated heterocycles. The third-order valence-electron chi connectivity index (χ3n) is 3.09. The lowest BCUT2D eigenvalue weighted by atomic mass is 10.3. The minimum absolute atomic E-state index is 0.256. The molecule has 0 aromatic rings. The fourth-order valence-electron chi connectivity index (χ4n) is 2.20. The molecule has 1 rings (SSSR count). The van der Waals surface area contributed by atoms with Crippen molar-refractivity contribution < 1.29 is 8.95 Å². The van der Waals surface area contributed by atoms with Gasteiger partial charge in [-0.2, -0.15) is 0 Å². The van der Waals surface area contributed by atoms with Crippen LogP contribution in [0.2, 0.25) is 0 Å². The van der Waals surface area contributed by atoms with Crippen LogP contribution in [0.15, 0.2) is 0 Å². The van der Waals surface area contributed by atoms with Crippen LogP contribution in [0, 0.1) is 0 Å². The SMILES string of the molecule is CCCNC(COC)CS(=O)C1CCCC1. The molecule has 16 heavy (non-hydrogen) atoms. The van der Waals surface area contributed by atoms with E-state index in [-0.39, 0.29) is 6.04 Å². The van der Waals surface area contributed by atoms with E-state index in [2.05, 4.69) is 12.2 Å².